The van der Waals surface area contributed by atoms with Gasteiger partial charge in [-0.05, 0) is 31.5 Å². The lowest BCUT2D eigenvalue weighted by atomic mass is 10.1. The van der Waals surface area contributed by atoms with Crippen LogP contribution in [0.25, 0.3) is 21.3 Å². The summed E-state index contributed by atoms with van der Waals surface area (Å²) in [6.07, 6.45) is 1.49. The van der Waals surface area contributed by atoms with E-state index in [0.717, 1.165) is 26.4 Å². The number of hydrogen-bond donors (Lipinski definition) is 0. The number of nitrogens with zero attached hydrogens (tertiary/aromatic N) is 2. The molecule has 0 spiro atoms. The Kier molecular flexibility index (Phi) is 5.11. The molecule has 0 fully saturated rings. The molecule has 1 aromatic carbocycles. The molecule has 0 radical (unpaired) electrons. The van der Waals surface area contributed by atoms with Gasteiger partial charge in [0, 0.05) is 10.9 Å². The third-order valence-corrected chi connectivity index (χ3v) is 5.36. The summed E-state index contributed by atoms with van der Waals surface area (Å²) >= 11 is 2.84. The van der Waals surface area contributed by atoms with Crippen LogP contribution in [0.1, 0.15) is 13.8 Å². The second-order valence-electron chi connectivity index (χ2n) is 5.03. The van der Waals surface area contributed by atoms with Gasteiger partial charge >= 0.3 is 5.97 Å². The van der Waals surface area contributed by atoms with Gasteiger partial charge in [0.25, 0.3) is 0 Å². The Bertz CT molecular complexity index is 865. The zero-order valence-electron chi connectivity index (χ0n) is 13.2. The maximum atomic E-state index is 13.2. The van der Waals surface area contributed by atoms with Crippen molar-refractivity contribution in [1.29, 1.82) is 0 Å². The molecule has 3 rings (SSSR count). The molecule has 2 heterocycles. The zero-order chi connectivity index (χ0) is 17.1. The topological polar surface area (TPSA) is 52.1 Å². The van der Waals surface area contributed by atoms with Crippen molar-refractivity contribution in [3.8, 4) is 11.1 Å². The van der Waals surface area contributed by atoms with Crippen molar-refractivity contribution in [1.82, 2.24) is 9.97 Å². The predicted octanol–water partition coefficient (Wildman–Crippen LogP) is 4.54. The first-order valence-electron chi connectivity index (χ1n) is 7.41. The van der Waals surface area contributed by atoms with E-state index >= 15 is 0 Å². The molecule has 0 amide bonds. The van der Waals surface area contributed by atoms with Crippen molar-refractivity contribution in [2.45, 2.75) is 24.1 Å². The maximum Gasteiger partial charge on any atom is 0.319 e. The molecule has 0 unspecified atom stereocenters. The highest BCUT2D eigenvalue weighted by atomic mass is 32.2. The minimum Gasteiger partial charge on any atom is -0.465 e. The second kappa shape index (κ2) is 7.27. The Balaban J connectivity index is 2.01. The highest BCUT2D eigenvalue weighted by Gasteiger charge is 2.20. The van der Waals surface area contributed by atoms with E-state index in [4.69, 9.17) is 4.74 Å². The van der Waals surface area contributed by atoms with Gasteiger partial charge in [0.15, 0.2) is 0 Å². The molecule has 0 saturated carbocycles. The fourth-order valence-corrected chi connectivity index (χ4v) is 4.17. The summed E-state index contributed by atoms with van der Waals surface area (Å²) in [7, 11) is 0. The molecule has 0 aliphatic carbocycles. The highest BCUT2D eigenvalue weighted by Crippen LogP contribution is 2.39. The van der Waals surface area contributed by atoms with Crippen LogP contribution >= 0.6 is 23.1 Å². The molecule has 3 aromatic rings. The molecule has 0 bridgehead atoms. The van der Waals surface area contributed by atoms with E-state index < -0.39 is 0 Å². The first-order valence-corrected chi connectivity index (χ1v) is 9.17. The number of fused-ring (bicyclic) bond motifs is 1. The van der Waals surface area contributed by atoms with Crippen LogP contribution in [0.3, 0.4) is 0 Å². The van der Waals surface area contributed by atoms with Crippen molar-refractivity contribution in [3.63, 3.8) is 0 Å². The largest absolute Gasteiger partial charge is 0.465 e. The monoisotopic (exact) mass is 362 g/mol. The van der Waals surface area contributed by atoms with E-state index in [9.17, 15) is 9.18 Å². The molecule has 2 aromatic heterocycles. The second-order valence-corrected chi connectivity index (χ2v) is 7.21. The number of rotatable bonds is 5. The Morgan fingerprint density at radius 3 is 2.79 bits per heavy atom. The molecule has 7 heteroatoms. The Morgan fingerprint density at radius 2 is 2.08 bits per heavy atom. The van der Waals surface area contributed by atoms with Crippen LogP contribution in [-0.2, 0) is 9.53 Å². The van der Waals surface area contributed by atoms with E-state index in [0.29, 0.717) is 6.61 Å². The summed E-state index contributed by atoms with van der Waals surface area (Å²) in [6, 6.07) is 6.31. The lowest BCUT2D eigenvalue weighted by Crippen LogP contribution is -2.16. The number of thiophene rings is 1. The highest BCUT2D eigenvalue weighted by molar-refractivity contribution is 8.00. The third kappa shape index (κ3) is 3.42. The lowest BCUT2D eigenvalue weighted by molar-refractivity contribution is -0.142. The van der Waals surface area contributed by atoms with E-state index in [1.165, 1.54) is 41.6 Å². The molecule has 0 N–H and O–H groups in total. The molecule has 0 aliphatic rings. The van der Waals surface area contributed by atoms with Crippen LogP contribution in [0, 0.1) is 5.82 Å². The van der Waals surface area contributed by atoms with Crippen molar-refractivity contribution in [2.75, 3.05) is 6.61 Å². The van der Waals surface area contributed by atoms with E-state index in [2.05, 4.69) is 9.97 Å². The molecular weight excluding hydrogens is 347 g/mol. The van der Waals surface area contributed by atoms with Gasteiger partial charge in [-0.15, -0.1) is 11.3 Å². The molecule has 24 heavy (non-hydrogen) atoms. The van der Waals surface area contributed by atoms with Crippen LogP contribution in [0.4, 0.5) is 4.39 Å². The lowest BCUT2D eigenvalue weighted by Gasteiger charge is -2.11. The first kappa shape index (κ1) is 16.9. The van der Waals surface area contributed by atoms with Crippen LogP contribution in [0.2, 0.25) is 0 Å². The molecular formula is C17H15FN2O2S2. The fourth-order valence-electron chi connectivity index (χ4n) is 2.25. The number of benzene rings is 1. The normalized spacial score (nSPS) is 12.3. The number of aromatic nitrogens is 2. The van der Waals surface area contributed by atoms with Gasteiger partial charge in [0.05, 0.1) is 12.0 Å². The fraction of sp³-hybridized carbons (Fsp3) is 0.235. The molecule has 0 aliphatic heterocycles. The van der Waals surface area contributed by atoms with Crippen LogP contribution in [0.15, 0.2) is 41.0 Å². The minimum absolute atomic E-state index is 0.271. The molecule has 124 valence electrons. The van der Waals surface area contributed by atoms with Crippen LogP contribution < -0.4 is 0 Å². The summed E-state index contributed by atoms with van der Waals surface area (Å²) in [5, 5.41) is 3.21. The van der Waals surface area contributed by atoms with Gasteiger partial charge in [-0.25, -0.2) is 14.4 Å². The standard InChI is InChI=1S/C17H15FN2O2S2/c1-3-22-17(21)10(2)24-16-14-13(8-23-15(14)19-9-20-16)11-4-6-12(18)7-5-11/h4-10H,3H2,1-2H3/t10-/m0/s1. The molecule has 1 atom stereocenters. The third-order valence-electron chi connectivity index (χ3n) is 3.40. The number of carbonyl (C=O) groups excluding carboxylic acids is 1. The quantitative estimate of drug-likeness (QED) is 0.379. The van der Waals surface area contributed by atoms with Gasteiger partial charge in [-0.2, -0.15) is 0 Å². The van der Waals surface area contributed by atoms with Crippen LogP contribution in [0.5, 0.6) is 0 Å². The maximum absolute atomic E-state index is 13.2. The zero-order valence-corrected chi connectivity index (χ0v) is 14.8. The summed E-state index contributed by atoms with van der Waals surface area (Å²) < 4.78 is 18.2. The summed E-state index contributed by atoms with van der Waals surface area (Å²) in [4.78, 5) is 21.4. The Hall–Kier alpha value is -1.99. The minimum atomic E-state index is -0.371. The van der Waals surface area contributed by atoms with Gasteiger partial charge in [-0.1, -0.05) is 23.9 Å². The van der Waals surface area contributed by atoms with E-state index in [-0.39, 0.29) is 17.0 Å². The smallest absolute Gasteiger partial charge is 0.319 e. The average Bonchev–Trinajstić information content (AvgIpc) is 3.01. The van der Waals surface area contributed by atoms with Gasteiger partial charge in [0.1, 0.15) is 27.3 Å². The van der Waals surface area contributed by atoms with Crippen molar-refractivity contribution in [2.24, 2.45) is 0 Å². The predicted molar refractivity (Wildman–Crippen MR) is 94.8 cm³/mol. The van der Waals surface area contributed by atoms with Gasteiger partial charge in [0.2, 0.25) is 0 Å². The number of hydrogen-bond acceptors (Lipinski definition) is 6. The first-order chi connectivity index (χ1) is 11.6. The average molecular weight is 362 g/mol. The number of halogens is 1. The van der Waals surface area contributed by atoms with Crippen LogP contribution in [-0.4, -0.2) is 27.8 Å². The number of esters is 1. The number of thioether (sulfide) groups is 1. The molecule has 4 nitrogen and oxygen atoms in total. The van der Waals surface area contributed by atoms with Gasteiger partial charge in [-0.3, -0.25) is 4.79 Å². The van der Waals surface area contributed by atoms with Crippen molar-refractivity contribution < 1.29 is 13.9 Å². The summed E-state index contributed by atoms with van der Waals surface area (Å²) in [5.74, 6) is -0.548. The van der Waals surface area contributed by atoms with Gasteiger partial charge < -0.3 is 4.74 Å². The van der Waals surface area contributed by atoms with E-state index in [1.54, 1.807) is 26.0 Å². The molecule has 0 saturated heterocycles. The Labute approximate surface area is 147 Å². The number of carbonyl (C=O) groups is 1. The number of ether oxygens (including phenoxy) is 1. The summed E-state index contributed by atoms with van der Waals surface area (Å²) in [5.41, 5.74) is 1.83. The SMILES string of the molecule is CCOC(=O)[C@H](C)Sc1ncnc2scc(-c3ccc(F)cc3)c12. The Morgan fingerprint density at radius 1 is 1.33 bits per heavy atom. The van der Waals surface area contributed by atoms with Crippen molar-refractivity contribution >= 4 is 39.3 Å². The summed E-state index contributed by atoms with van der Waals surface area (Å²) in [6.45, 7) is 3.92. The van der Waals surface area contributed by atoms with Crippen molar-refractivity contribution in [3.05, 3.63) is 41.8 Å². The van der Waals surface area contributed by atoms with E-state index in [1.807, 2.05) is 5.38 Å².